The van der Waals surface area contributed by atoms with Gasteiger partial charge in [0.1, 0.15) is 6.29 Å². The Balaban J connectivity index is 2.00. The van der Waals surface area contributed by atoms with Gasteiger partial charge in [-0.15, -0.1) is 0 Å². The lowest BCUT2D eigenvalue weighted by atomic mass is 9.83. The van der Waals surface area contributed by atoms with Crippen LogP contribution in [0.15, 0.2) is 0 Å². The lowest BCUT2D eigenvalue weighted by Crippen LogP contribution is -2.43. The first-order valence-corrected chi connectivity index (χ1v) is 6.20. The molecule has 0 aromatic heterocycles. The third kappa shape index (κ3) is 2.12. The SMILES string of the molecule is CN1C(C2CCCCC2)CC(=O)N1CC=O. The minimum absolute atomic E-state index is 0.102. The highest BCUT2D eigenvalue weighted by atomic mass is 16.2. The summed E-state index contributed by atoms with van der Waals surface area (Å²) in [5, 5.41) is 3.58. The summed E-state index contributed by atoms with van der Waals surface area (Å²) in [6, 6.07) is 0.327. The zero-order valence-corrected chi connectivity index (χ0v) is 9.89. The molecule has 0 aromatic rings. The van der Waals surface area contributed by atoms with Gasteiger partial charge >= 0.3 is 0 Å². The fourth-order valence-electron chi connectivity index (χ4n) is 3.06. The van der Waals surface area contributed by atoms with Crippen LogP contribution in [0.1, 0.15) is 38.5 Å². The summed E-state index contributed by atoms with van der Waals surface area (Å²) in [6.07, 6.45) is 7.77. The van der Waals surface area contributed by atoms with Gasteiger partial charge in [-0.05, 0) is 18.8 Å². The van der Waals surface area contributed by atoms with Gasteiger partial charge in [0.2, 0.25) is 5.91 Å². The monoisotopic (exact) mass is 224 g/mol. The topological polar surface area (TPSA) is 40.6 Å². The molecule has 1 aliphatic heterocycles. The van der Waals surface area contributed by atoms with Gasteiger partial charge in [0.05, 0.1) is 6.54 Å². The molecule has 0 aromatic carbocycles. The van der Waals surface area contributed by atoms with Crippen molar-refractivity contribution in [3.05, 3.63) is 0 Å². The number of rotatable bonds is 3. The number of hydrazine groups is 1. The van der Waals surface area contributed by atoms with Gasteiger partial charge in [0.15, 0.2) is 0 Å². The number of amides is 1. The van der Waals surface area contributed by atoms with E-state index < -0.39 is 0 Å². The Labute approximate surface area is 96.6 Å². The lowest BCUT2D eigenvalue weighted by molar-refractivity contribution is -0.139. The van der Waals surface area contributed by atoms with Crippen LogP contribution in [0.5, 0.6) is 0 Å². The van der Waals surface area contributed by atoms with Gasteiger partial charge in [-0.3, -0.25) is 9.80 Å². The Morgan fingerprint density at radius 1 is 1.31 bits per heavy atom. The second kappa shape index (κ2) is 4.95. The smallest absolute Gasteiger partial charge is 0.238 e. The summed E-state index contributed by atoms with van der Waals surface area (Å²) < 4.78 is 0. The summed E-state index contributed by atoms with van der Waals surface area (Å²) in [4.78, 5) is 22.3. The summed E-state index contributed by atoms with van der Waals surface area (Å²) in [7, 11) is 1.94. The van der Waals surface area contributed by atoms with Crippen molar-refractivity contribution in [3.63, 3.8) is 0 Å². The van der Waals surface area contributed by atoms with E-state index in [2.05, 4.69) is 0 Å². The molecule has 2 rings (SSSR count). The van der Waals surface area contributed by atoms with Gasteiger partial charge in [0, 0.05) is 19.5 Å². The molecule has 0 N–H and O–H groups in total. The van der Waals surface area contributed by atoms with Crippen molar-refractivity contribution in [1.29, 1.82) is 0 Å². The first kappa shape index (κ1) is 11.6. The maximum absolute atomic E-state index is 11.8. The average molecular weight is 224 g/mol. The molecular weight excluding hydrogens is 204 g/mol. The lowest BCUT2D eigenvalue weighted by Gasteiger charge is -2.33. The number of carbonyl (C=O) groups is 2. The van der Waals surface area contributed by atoms with E-state index in [-0.39, 0.29) is 12.5 Å². The minimum Gasteiger partial charge on any atom is -0.301 e. The van der Waals surface area contributed by atoms with E-state index in [1.54, 1.807) is 5.01 Å². The minimum atomic E-state index is 0.102. The zero-order valence-electron chi connectivity index (χ0n) is 9.89. The van der Waals surface area contributed by atoms with Crippen LogP contribution in [0.3, 0.4) is 0 Å². The van der Waals surface area contributed by atoms with Crippen LogP contribution in [-0.2, 0) is 9.59 Å². The maximum atomic E-state index is 11.8. The van der Waals surface area contributed by atoms with E-state index >= 15 is 0 Å². The Morgan fingerprint density at radius 2 is 2.00 bits per heavy atom. The standard InChI is InChI=1S/C12H20N2O2/c1-13-11(10-5-3-2-4-6-10)9-12(16)14(13)7-8-15/h8,10-11H,2-7,9H2,1H3. The van der Waals surface area contributed by atoms with E-state index in [1.807, 2.05) is 12.1 Å². The van der Waals surface area contributed by atoms with Crippen molar-refractivity contribution in [3.8, 4) is 0 Å². The summed E-state index contributed by atoms with van der Waals surface area (Å²) in [5.74, 6) is 0.740. The van der Waals surface area contributed by atoms with Crippen LogP contribution < -0.4 is 0 Å². The normalized spacial score (nSPS) is 28.7. The van der Waals surface area contributed by atoms with E-state index in [1.165, 1.54) is 32.1 Å². The van der Waals surface area contributed by atoms with Crippen LogP contribution in [0.4, 0.5) is 0 Å². The Bertz CT molecular complexity index is 274. The van der Waals surface area contributed by atoms with Crippen molar-refractivity contribution < 1.29 is 9.59 Å². The largest absolute Gasteiger partial charge is 0.301 e. The van der Waals surface area contributed by atoms with Crippen molar-refractivity contribution in [2.24, 2.45) is 5.92 Å². The van der Waals surface area contributed by atoms with Crippen LogP contribution in [0, 0.1) is 5.92 Å². The predicted octanol–water partition coefficient (Wildman–Crippen LogP) is 1.21. The number of hydrogen-bond donors (Lipinski definition) is 0. The first-order valence-electron chi connectivity index (χ1n) is 6.20. The summed E-state index contributed by atoms with van der Waals surface area (Å²) >= 11 is 0. The molecular formula is C12H20N2O2. The molecule has 1 atom stereocenters. The molecule has 4 nitrogen and oxygen atoms in total. The van der Waals surface area contributed by atoms with Crippen LogP contribution in [0.2, 0.25) is 0 Å². The predicted molar refractivity (Wildman–Crippen MR) is 60.5 cm³/mol. The van der Waals surface area contributed by atoms with Gasteiger partial charge in [-0.25, -0.2) is 5.01 Å². The number of carbonyl (C=O) groups excluding carboxylic acids is 2. The highest BCUT2D eigenvalue weighted by Gasteiger charge is 2.39. The molecule has 90 valence electrons. The highest BCUT2D eigenvalue weighted by molar-refractivity contribution is 5.80. The van der Waals surface area contributed by atoms with Crippen LogP contribution in [-0.4, -0.2) is 41.8 Å². The Morgan fingerprint density at radius 3 is 2.62 bits per heavy atom. The maximum Gasteiger partial charge on any atom is 0.238 e. The number of nitrogens with zero attached hydrogens (tertiary/aromatic N) is 2. The molecule has 2 aliphatic rings. The van der Waals surface area contributed by atoms with E-state index in [9.17, 15) is 9.59 Å². The summed E-state index contributed by atoms with van der Waals surface area (Å²) in [5.41, 5.74) is 0. The average Bonchev–Trinajstić information content (AvgIpc) is 2.59. The molecule has 0 radical (unpaired) electrons. The molecule has 2 fully saturated rings. The molecule has 1 saturated carbocycles. The third-order valence-corrected chi connectivity index (χ3v) is 3.97. The van der Waals surface area contributed by atoms with E-state index in [4.69, 9.17) is 0 Å². The second-order valence-electron chi connectivity index (χ2n) is 4.89. The van der Waals surface area contributed by atoms with Gasteiger partial charge in [-0.1, -0.05) is 19.3 Å². The highest BCUT2D eigenvalue weighted by Crippen LogP contribution is 2.33. The van der Waals surface area contributed by atoms with Crippen molar-refractivity contribution in [2.45, 2.75) is 44.6 Å². The van der Waals surface area contributed by atoms with E-state index in [0.29, 0.717) is 18.4 Å². The van der Waals surface area contributed by atoms with Crippen LogP contribution in [0.25, 0.3) is 0 Å². The van der Waals surface area contributed by atoms with Crippen LogP contribution >= 0.6 is 0 Å². The molecule has 4 heteroatoms. The van der Waals surface area contributed by atoms with Crippen molar-refractivity contribution >= 4 is 12.2 Å². The van der Waals surface area contributed by atoms with Crippen molar-refractivity contribution in [2.75, 3.05) is 13.6 Å². The summed E-state index contributed by atoms with van der Waals surface area (Å²) in [6.45, 7) is 0.207. The number of hydrogen-bond acceptors (Lipinski definition) is 3. The third-order valence-electron chi connectivity index (χ3n) is 3.97. The van der Waals surface area contributed by atoms with Gasteiger partial charge in [-0.2, -0.15) is 0 Å². The van der Waals surface area contributed by atoms with Crippen molar-refractivity contribution in [1.82, 2.24) is 10.0 Å². The molecule has 0 bridgehead atoms. The van der Waals surface area contributed by atoms with Gasteiger partial charge < -0.3 is 4.79 Å². The fourth-order valence-corrected chi connectivity index (χ4v) is 3.06. The molecule has 1 heterocycles. The second-order valence-corrected chi connectivity index (χ2v) is 4.89. The molecule has 1 amide bonds. The quantitative estimate of drug-likeness (QED) is 0.677. The fraction of sp³-hybridized carbons (Fsp3) is 0.833. The molecule has 1 aliphatic carbocycles. The molecule has 16 heavy (non-hydrogen) atoms. The zero-order chi connectivity index (χ0) is 11.5. The molecule has 0 spiro atoms. The van der Waals surface area contributed by atoms with E-state index in [0.717, 1.165) is 6.29 Å². The Kier molecular flexibility index (Phi) is 3.59. The Hall–Kier alpha value is -0.900. The first-order chi connectivity index (χ1) is 7.74. The molecule has 1 unspecified atom stereocenters. The molecule has 1 saturated heterocycles. The van der Waals surface area contributed by atoms with Gasteiger partial charge in [0.25, 0.3) is 0 Å². The number of aldehydes is 1.